The molecule has 4 heterocycles. The summed E-state index contributed by atoms with van der Waals surface area (Å²) in [7, 11) is 1.48. The molecule has 12 heteroatoms. The maximum atomic E-state index is 13.1. The number of carbonyl (C=O) groups excluding carboxylic acids is 1. The predicted molar refractivity (Wildman–Crippen MR) is 97.9 cm³/mol. The van der Waals surface area contributed by atoms with Crippen molar-refractivity contribution in [2.75, 3.05) is 23.3 Å². The van der Waals surface area contributed by atoms with E-state index in [1.54, 1.807) is 17.2 Å². The molecule has 2 atom stereocenters. The Bertz CT molecular complexity index is 1040. The molecule has 1 amide bonds. The molecule has 1 saturated heterocycles. The van der Waals surface area contributed by atoms with Crippen molar-refractivity contribution in [1.29, 1.82) is 0 Å². The van der Waals surface area contributed by atoms with Crippen LogP contribution in [0.15, 0.2) is 24.7 Å². The van der Waals surface area contributed by atoms with Gasteiger partial charge < -0.3 is 20.4 Å². The second-order valence-electron chi connectivity index (χ2n) is 6.92. The summed E-state index contributed by atoms with van der Waals surface area (Å²) >= 11 is 0. The van der Waals surface area contributed by atoms with E-state index in [0.717, 1.165) is 0 Å². The molecule has 0 aliphatic carbocycles. The summed E-state index contributed by atoms with van der Waals surface area (Å²) in [6.45, 7) is 0.590. The molecule has 1 aliphatic heterocycles. The zero-order valence-electron chi connectivity index (χ0n) is 15.4. The number of piperidine rings is 1. The number of nitrogens with one attached hydrogen (secondary N) is 1. The van der Waals surface area contributed by atoms with Crippen molar-refractivity contribution in [3.8, 4) is 0 Å². The third-order valence-corrected chi connectivity index (χ3v) is 4.64. The summed E-state index contributed by atoms with van der Waals surface area (Å²) in [4.78, 5) is 18.8. The van der Waals surface area contributed by atoms with Gasteiger partial charge in [-0.3, -0.25) is 9.48 Å². The first-order valence-corrected chi connectivity index (χ1v) is 8.90. The maximum Gasteiger partial charge on any atom is 0.284 e. The number of β-amino-alcohol motifs (C(OH)–C–C–N with tert-alkyl or cyclic N) is 2. The number of aliphatic hydroxyl groups is 2. The number of rotatable bonds is 4. The topological polar surface area (TPSA) is 121 Å². The Hall–Kier alpha value is -3.12. The van der Waals surface area contributed by atoms with E-state index in [1.165, 1.54) is 28.6 Å². The van der Waals surface area contributed by atoms with E-state index in [-0.39, 0.29) is 23.3 Å². The Morgan fingerprint density at radius 3 is 2.72 bits per heavy atom. The summed E-state index contributed by atoms with van der Waals surface area (Å²) in [5.41, 5.74) is -0.307. The Balaban J connectivity index is 1.63. The standard InChI is InChI=1S/C17H19F2N7O3/c1-24-8-12(14(23-24)15(18)19)21-17(29)11-5-20-26-3-2-13(22-16(11)26)25-6-9(27)4-10(28)7-25/h2-3,5,8-10,15,27-28H,4,6-7H2,1H3,(H,21,29)/t9-,10-/m1/s1. The van der Waals surface area contributed by atoms with Crippen LogP contribution in [0.5, 0.6) is 0 Å². The quantitative estimate of drug-likeness (QED) is 0.579. The van der Waals surface area contributed by atoms with Gasteiger partial charge in [-0.2, -0.15) is 10.2 Å². The first-order chi connectivity index (χ1) is 13.8. The van der Waals surface area contributed by atoms with Crippen LogP contribution in [-0.2, 0) is 7.05 Å². The molecular weight excluding hydrogens is 388 g/mol. The number of alkyl halides is 2. The van der Waals surface area contributed by atoms with Crippen LogP contribution in [0.25, 0.3) is 5.65 Å². The zero-order valence-corrected chi connectivity index (χ0v) is 15.4. The maximum absolute atomic E-state index is 13.1. The van der Waals surface area contributed by atoms with Crippen LogP contribution in [-0.4, -0.2) is 65.8 Å². The van der Waals surface area contributed by atoms with Crippen molar-refractivity contribution in [3.63, 3.8) is 0 Å². The summed E-state index contributed by atoms with van der Waals surface area (Å²) in [5, 5.41) is 29.9. The number of amides is 1. The first-order valence-electron chi connectivity index (χ1n) is 8.90. The van der Waals surface area contributed by atoms with Crippen LogP contribution >= 0.6 is 0 Å². The zero-order chi connectivity index (χ0) is 20.7. The van der Waals surface area contributed by atoms with Crippen LogP contribution in [0.2, 0.25) is 0 Å². The summed E-state index contributed by atoms with van der Waals surface area (Å²) in [6.07, 6.45) is 0.246. The molecule has 10 nitrogen and oxygen atoms in total. The van der Waals surface area contributed by atoms with Gasteiger partial charge in [0.25, 0.3) is 12.3 Å². The molecule has 3 aromatic heterocycles. The fourth-order valence-corrected chi connectivity index (χ4v) is 3.38. The van der Waals surface area contributed by atoms with Gasteiger partial charge in [0.2, 0.25) is 0 Å². The summed E-state index contributed by atoms with van der Waals surface area (Å²) in [6, 6.07) is 1.66. The fourth-order valence-electron chi connectivity index (χ4n) is 3.38. The molecule has 1 fully saturated rings. The molecule has 0 aromatic carbocycles. The third kappa shape index (κ3) is 3.76. The molecule has 29 heavy (non-hydrogen) atoms. The highest BCUT2D eigenvalue weighted by Gasteiger charge is 2.26. The van der Waals surface area contributed by atoms with Gasteiger partial charge in [0.15, 0.2) is 11.3 Å². The molecule has 154 valence electrons. The normalized spacial score (nSPS) is 19.9. The lowest BCUT2D eigenvalue weighted by Gasteiger charge is -2.34. The minimum atomic E-state index is -2.84. The number of anilines is 2. The Morgan fingerprint density at radius 2 is 2.03 bits per heavy atom. The van der Waals surface area contributed by atoms with Gasteiger partial charge in [0.05, 0.1) is 24.1 Å². The van der Waals surface area contributed by atoms with Gasteiger partial charge in [-0.1, -0.05) is 0 Å². The highest BCUT2D eigenvalue weighted by atomic mass is 19.3. The van der Waals surface area contributed by atoms with E-state index in [4.69, 9.17) is 0 Å². The molecule has 0 spiro atoms. The number of aryl methyl sites for hydroxylation is 1. The molecule has 0 radical (unpaired) electrons. The lowest BCUT2D eigenvalue weighted by atomic mass is 10.1. The number of fused-ring (bicyclic) bond motifs is 1. The minimum Gasteiger partial charge on any atom is -0.391 e. The smallest absolute Gasteiger partial charge is 0.284 e. The lowest BCUT2D eigenvalue weighted by Crippen LogP contribution is -2.46. The van der Waals surface area contributed by atoms with Crippen molar-refractivity contribution in [3.05, 3.63) is 35.9 Å². The summed E-state index contributed by atoms with van der Waals surface area (Å²) < 4.78 is 28.8. The van der Waals surface area contributed by atoms with Crippen molar-refractivity contribution < 1.29 is 23.8 Å². The lowest BCUT2D eigenvalue weighted by molar-refractivity contribution is 0.0648. The second-order valence-corrected chi connectivity index (χ2v) is 6.92. The molecule has 3 N–H and O–H groups in total. The van der Waals surface area contributed by atoms with E-state index in [1.807, 2.05) is 0 Å². The average Bonchev–Trinajstić information content (AvgIpc) is 3.23. The van der Waals surface area contributed by atoms with E-state index in [0.29, 0.717) is 18.9 Å². The highest BCUT2D eigenvalue weighted by Crippen LogP contribution is 2.26. The van der Waals surface area contributed by atoms with E-state index >= 15 is 0 Å². The van der Waals surface area contributed by atoms with Gasteiger partial charge >= 0.3 is 0 Å². The number of hydrogen-bond acceptors (Lipinski definition) is 7. The monoisotopic (exact) mass is 407 g/mol. The van der Waals surface area contributed by atoms with Gasteiger partial charge in [-0.25, -0.2) is 18.3 Å². The predicted octanol–water partition coefficient (Wildman–Crippen LogP) is 0.585. The number of aliphatic hydroxyl groups excluding tert-OH is 2. The first kappa shape index (κ1) is 19.2. The van der Waals surface area contributed by atoms with E-state index in [9.17, 15) is 23.8 Å². The second kappa shape index (κ2) is 7.37. The number of halogens is 2. The minimum absolute atomic E-state index is 0.0917. The Morgan fingerprint density at radius 1 is 1.31 bits per heavy atom. The Kier molecular flexibility index (Phi) is 4.88. The molecule has 3 aromatic rings. The number of aromatic nitrogens is 5. The largest absolute Gasteiger partial charge is 0.391 e. The number of nitrogens with zero attached hydrogens (tertiary/aromatic N) is 6. The van der Waals surface area contributed by atoms with Crippen LogP contribution in [0.1, 0.15) is 28.9 Å². The summed E-state index contributed by atoms with van der Waals surface area (Å²) in [5.74, 6) is -0.197. The van der Waals surface area contributed by atoms with E-state index < -0.39 is 30.2 Å². The van der Waals surface area contributed by atoms with Crippen molar-refractivity contribution in [1.82, 2.24) is 24.4 Å². The number of carbonyl (C=O) groups is 1. The third-order valence-electron chi connectivity index (χ3n) is 4.64. The SMILES string of the molecule is Cn1cc(NC(=O)c2cnn3ccc(N4C[C@H](O)C[C@@H](O)C4)nc23)c(C(F)F)n1. The average molecular weight is 407 g/mol. The number of hydrogen-bond donors (Lipinski definition) is 3. The van der Waals surface area contributed by atoms with Crippen molar-refractivity contribution >= 4 is 23.1 Å². The molecule has 0 unspecified atom stereocenters. The highest BCUT2D eigenvalue weighted by molar-refractivity contribution is 6.08. The fraction of sp³-hybridized carbons (Fsp3) is 0.412. The van der Waals surface area contributed by atoms with Crippen molar-refractivity contribution in [2.45, 2.75) is 25.1 Å². The van der Waals surface area contributed by atoms with Gasteiger partial charge in [-0.05, 0) is 6.07 Å². The molecule has 0 saturated carbocycles. The van der Waals surface area contributed by atoms with Gasteiger partial charge in [0, 0.05) is 39.0 Å². The van der Waals surface area contributed by atoms with E-state index in [2.05, 4.69) is 20.5 Å². The van der Waals surface area contributed by atoms with Crippen LogP contribution in [0.4, 0.5) is 20.3 Å². The molecule has 0 bridgehead atoms. The van der Waals surface area contributed by atoms with Crippen LogP contribution in [0.3, 0.4) is 0 Å². The molecule has 1 aliphatic rings. The van der Waals surface area contributed by atoms with Gasteiger partial charge in [0.1, 0.15) is 11.4 Å². The Labute approximate surface area is 163 Å². The van der Waals surface area contributed by atoms with Crippen LogP contribution < -0.4 is 10.2 Å². The molecule has 4 rings (SSSR count). The van der Waals surface area contributed by atoms with Crippen LogP contribution in [0, 0.1) is 0 Å². The van der Waals surface area contributed by atoms with Gasteiger partial charge in [-0.15, -0.1) is 0 Å². The molecular formula is C17H19F2N7O3. The van der Waals surface area contributed by atoms with Crippen molar-refractivity contribution in [2.24, 2.45) is 7.05 Å².